The first kappa shape index (κ1) is 24.4. The van der Waals surface area contributed by atoms with Crippen molar-refractivity contribution in [3.63, 3.8) is 0 Å². The van der Waals surface area contributed by atoms with Crippen molar-refractivity contribution in [2.45, 2.75) is 46.2 Å². The molecule has 0 aliphatic heterocycles. The van der Waals surface area contributed by atoms with Crippen LogP contribution in [0.25, 0.3) is 0 Å². The molecule has 0 bridgehead atoms. The number of esters is 2. The topological polar surface area (TPSA) is 148 Å². The van der Waals surface area contributed by atoms with E-state index < -0.39 is 53.6 Å². The van der Waals surface area contributed by atoms with E-state index in [4.69, 9.17) is 0 Å². The summed E-state index contributed by atoms with van der Waals surface area (Å²) in [6.07, 6.45) is 0.281. The van der Waals surface area contributed by atoms with Crippen LogP contribution in [0, 0.1) is 17.8 Å². The highest BCUT2D eigenvalue weighted by atomic mass is 16.5. The van der Waals surface area contributed by atoms with Gasteiger partial charge in [-0.1, -0.05) is 20.8 Å². The SMILES string of the molecule is COC(=O)C(C(=O)OC)[C@@H](C)[C@H](NC(=O)[C@H](CC(C)C)NC(C)=O)C(=O)O. The number of carboxylic acids is 1. The van der Waals surface area contributed by atoms with Crippen molar-refractivity contribution in [1.82, 2.24) is 10.6 Å². The minimum Gasteiger partial charge on any atom is -0.480 e. The fraction of sp³-hybridized carbons (Fsp3) is 0.706. The number of methoxy groups -OCH3 is 2. The Hall–Kier alpha value is -2.65. The number of hydrogen-bond acceptors (Lipinski definition) is 7. The fourth-order valence-electron chi connectivity index (χ4n) is 2.59. The Labute approximate surface area is 158 Å². The predicted molar refractivity (Wildman–Crippen MR) is 93.3 cm³/mol. The van der Waals surface area contributed by atoms with Gasteiger partial charge in [0.25, 0.3) is 0 Å². The van der Waals surface area contributed by atoms with Crippen LogP contribution in [0.4, 0.5) is 0 Å². The molecule has 0 saturated carbocycles. The Balaban J connectivity index is 5.59. The van der Waals surface area contributed by atoms with Crippen molar-refractivity contribution < 1.29 is 38.6 Å². The molecule has 0 aliphatic carbocycles. The van der Waals surface area contributed by atoms with E-state index in [1.54, 1.807) is 0 Å². The molecule has 10 heteroatoms. The summed E-state index contributed by atoms with van der Waals surface area (Å²) in [6, 6.07) is -2.53. The highest BCUT2D eigenvalue weighted by Gasteiger charge is 2.42. The molecule has 0 saturated heterocycles. The van der Waals surface area contributed by atoms with E-state index in [0.717, 1.165) is 14.2 Å². The molecule has 154 valence electrons. The average molecular weight is 388 g/mol. The summed E-state index contributed by atoms with van der Waals surface area (Å²) in [4.78, 5) is 59.3. The van der Waals surface area contributed by atoms with E-state index in [1.165, 1.54) is 13.8 Å². The molecule has 0 aromatic carbocycles. The number of hydrogen-bond donors (Lipinski definition) is 3. The largest absolute Gasteiger partial charge is 0.480 e. The summed E-state index contributed by atoms with van der Waals surface area (Å²) in [5.74, 6) is -7.23. The van der Waals surface area contributed by atoms with Crippen LogP contribution in [0.15, 0.2) is 0 Å². The Morgan fingerprint density at radius 2 is 1.41 bits per heavy atom. The lowest BCUT2D eigenvalue weighted by molar-refractivity contribution is -0.163. The first-order chi connectivity index (χ1) is 12.5. The van der Waals surface area contributed by atoms with E-state index in [-0.39, 0.29) is 12.3 Å². The van der Waals surface area contributed by atoms with Crippen LogP contribution in [-0.4, -0.2) is 61.1 Å². The Kier molecular flexibility index (Phi) is 10.1. The Bertz CT molecular complexity index is 559. The van der Waals surface area contributed by atoms with Gasteiger partial charge in [-0.05, 0) is 12.3 Å². The van der Waals surface area contributed by atoms with Crippen LogP contribution < -0.4 is 10.6 Å². The van der Waals surface area contributed by atoms with Gasteiger partial charge >= 0.3 is 17.9 Å². The zero-order chi connectivity index (χ0) is 21.3. The van der Waals surface area contributed by atoms with Gasteiger partial charge in [-0.25, -0.2) is 4.79 Å². The monoisotopic (exact) mass is 388 g/mol. The number of carboxylic acid groups (broad SMARTS) is 1. The van der Waals surface area contributed by atoms with E-state index >= 15 is 0 Å². The van der Waals surface area contributed by atoms with Gasteiger partial charge in [0, 0.05) is 12.8 Å². The summed E-state index contributed by atoms with van der Waals surface area (Å²) in [6.45, 7) is 6.23. The molecule has 0 aromatic heterocycles. The third-order valence-electron chi connectivity index (χ3n) is 3.93. The van der Waals surface area contributed by atoms with Crippen LogP contribution in [-0.2, 0) is 33.4 Å². The van der Waals surface area contributed by atoms with Gasteiger partial charge in [-0.15, -0.1) is 0 Å². The molecule has 3 N–H and O–H groups in total. The van der Waals surface area contributed by atoms with E-state index in [9.17, 15) is 29.1 Å². The summed E-state index contributed by atoms with van der Waals surface area (Å²) >= 11 is 0. The van der Waals surface area contributed by atoms with E-state index in [1.807, 2.05) is 13.8 Å². The average Bonchev–Trinajstić information content (AvgIpc) is 2.57. The molecule has 10 nitrogen and oxygen atoms in total. The van der Waals surface area contributed by atoms with Gasteiger partial charge in [0.1, 0.15) is 12.1 Å². The molecular weight excluding hydrogens is 360 g/mol. The minimum atomic E-state index is -1.58. The molecule has 0 spiro atoms. The molecule has 0 radical (unpaired) electrons. The lowest BCUT2D eigenvalue weighted by atomic mass is 9.87. The van der Waals surface area contributed by atoms with Crippen molar-refractivity contribution in [3.05, 3.63) is 0 Å². The van der Waals surface area contributed by atoms with Crippen LogP contribution in [0.2, 0.25) is 0 Å². The fourth-order valence-corrected chi connectivity index (χ4v) is 2.59. The second-order valence-electron chi connectivity index (χ2n) is 6.59. The summed E-state index contributed by atoms with van der Waals surface area (Å²) < 4.78 is 9.08. The molecular formula is C17H28N2O8. The molecule has 0 unspecified atom stereocenters. The molecule has 0 heterocycles. The van der Waals surface area contributed by atoms with Crippen molar-refractivity contribution in [3.8, 4) is 0 Å². The lowest BCUT2D eigenvalue weighted by Crippen LogP contribution is -2.55. The van der Waals surface area contributed by atoms with E-state index in [0.29, 0.717) is 0 Å². The Morgan fingerprint density at radius 1 is 0.926 bits per heavy atom. The van der Waals surface area contributed by atoms with Crippen LogP contribution >= 0.6 is 0 Å². The van der Waals surface area contributed by atoms with Gasteiger partial charge < -0.3 is 25.2 Å². The minimum absolute atomic E-state index is 0.0474. The molecule has 2 amide bonds. The lowest BCUT2D eigenvalue weighted by Gasteiger charge is -2.28. The molecule has 0 rings (SSSR count). The molecule has 27 heavy (non-hydrogen) atoms. The highest BCUT2D eigenvalue weighted by molar-refractivity contribution is 5.96. The first-order valence-electron chi connectivity index (χ1n) is 8.42. The maximum atomic E-state index is 12.5. The van der Waals surface area contributed by atoms with Gasteiger partial charge in [-0.3, -0.25) is 19.2 Å². The van der Waals surface area contributed by atoms with Gasteiger partial charge in [0.05, 0.1) is 14.2 Å². The van der Waals surface area contributed by atoms with Gasteiger partial charge in [0.15, 0.2) is 5.92 Å². The molecule has 0 aromatic rings. The highest BCUT2D eigenvalue weighted by Crippen LogP contribution is 2.20. The third kappa shape index (κ3) is 7.63. The maximum Gasteiger partial charge on any atom is 0.326 e. The molecule has 0 aliphatic rings. The summed E-state index contributed by atoms with van der Waals surface area (Å²) in [5.41, 5.74) is 0. The quantitative estimate of drug-likeness (QED) is 0.341. The van der Waals surface area contributed by atoms with Crippen molar-refractivity contribution in [2.75, 3.05) is 14.2 Å². The molecule has 3 atom stereocenters. The van der Waals surface area contributed by atoms with Crippen LogP contribution in [0.1, 0.15) is 34.1 Å². The van der Waals surface area contributed by atoms with Crippen molar-refractivity contribution in [2.24, 2.45) is 17.8 Å². The summed E-state index contributed by atoms with van der Waals surface area (Å²) in [7, 11) is 2.10. The maximum absolute atomic E-state index is 12.5. The van der Waals surface area contributed by atoms with Gasteiger partial charge in [0.2, 0.25) is 11.8 Å². The Morgan fingerprint density at radius 3 is 1.74 bits per heavy atom. The number of amides is 2. The van der Waals surface area contributed by atoms with Gasteiger partial charge in [-0.2, -0.15) is 0 Å². The van der Waals surface area contributed by atoms with Crippen LogP contribution in [0.5, 0.6) is 0 Å². The number of aliphatic carboxylic acids is 1. The predicted octanol–water partition coefficient (Wildman–Crippen LogP) is -0.295. The standard InChI is InChI=1S/C17H28N2O8/c1-8(2)7-11(18-10(4)20)14(21)19-13(15(22)23)9(3)12(16(24)26-5)17(25)27-6/h8-9,11-13H,7H2,1-6H3,(H,18,20)(H,19,21)(H,22,23)/t9-,11+,13+/m1/s1. The first-order valence-corrected chi connectivity index (χ1v) is 8.42. The number of carbonyl (C=O) groups is 5. The van der Waals surface area contributed by atoms with Crippen LogP contribution in [0.3, 0.4) is 0 Å². The number of carbonyl (C=O) groups excluding carboxylic acids is 4. The van der Waals surface area contributed by atoms with E-state index in [2.05, 4.69) is 20.1 Å². The second kappa shape index (κ2) is 11.1. The zero-order valence-corrected chi connectivity index (χ0v) is 16.4. The number of rotatable bonds is 10. The second-order valence-corrected chi connectivity index (χ2v) is 6.59. The number of ether oxygens (including phenoxy) is 2. The normalized spacial score (nSPS) is 14.1. The number of nitrogens with one attached hydrogen (secondary N) is 2. The van der Waals surface area contributed by atoms with Crippen molar-refractivity contribution >= 4 is 29.7 Å². The van der Waals surface area contributed by atoms with Crippen molar-refractivity contribution in [1.29, 1.82) is 0 Å². The summed E-state index contributed by atoms with van der Waals surface area (Å²) in [5, 5.41) is 14.3. The zero-order valence-electron chi connectivity index (χ0n) is 16.4. The third-order valence-corrected chi connectivity index (χ3v) is 3.93. The smallest absolute Gasteiger partial charge is 0.326 e. The molecule has 0 fully saturated rings.